The van der Waals surface area contributed by atoms with Gasteiger partial charge in [-0.1, -0.05) is 30.3 Å². The van der Waals surface area contributed by atoms with Crippen LogP contribution < -0.4 is 0 Å². The second-order valence-electron chi connectivity index (χ2n) is 5.61. The molecule has 3 heterocycles. The monoisotopic (exact) mass is 329 g/mol. The van der Waals surface area contributed by atoms with Gasteiger partial charge >= 0.3 is 0 Å². The number of pyridine rings is 1. The predicted octanol–water partition coefficient (Wildman–Crippen LogP) is 3.34. The highest BCUT2D eigenvalue weighted by Crippen LogP contribution is 2.23. The zero-order valence-corrected chi connectivity index (χ0v) is 13.2. The average molecular weight is 329 g/mol. The summed E-state index contributed by atoms with van der Waals surface area (Å²) in [6.07, 6.45) is 0. The van der Waals surface area contributed by atoms with Crippen LogP contribution in [0.2, 0.25) is 0 Å². The average Bonchev–Trinajstić information content (AvgIpc) is 3.26. The fourth-order valence-corrected chi connectivity index (χ4v) is 2.85. The van der Waals surface area contributed by atoms with Crippen molar-refractivity contribution in [2.24, 2.45) is 0 Å². The molecule has 0 bridgehead atoms. The number of H-pyrrole nitrogens is 2. The molecule has 3 aromatic heterocycles. The van der Waals surface area contributed by atoms with Crippen LogP contribution in [-0.2, 0) is 0 Å². The minimum atomic E-state index is 0. The molecule has 0 fully saturated rings. The molecule has 0 atom stereocenters. The molecule has 0 saturated carbocycles. The summed E-state index contributed by atoms with van der Waals surface area (Å²) < 4.78 is 0. The van der Waals surface area contributed by atoms with E-state index in [4.69, 9.17) is 4.98 Å². The SMILES string of the molecule is O.c1cc(-c2nc3ccccc3[nH]2)nc(-c2nc3ccccc3[nH]2)c1. The number of nitrogens with zero attached hydrogens (tertiary/aromatic N) is 3. The van der Waals surface area contributed by atoms with Crippen LogP contribution >= 0.6 is 0 Å². The van der Waals surface area contributed by atoms with Gasteiger partial charge in [0, 0.05) is 0 Å². The van der Waals surface area contributed by atoms with Gasteiger partial charge in [0.15, 0.2) is 11.6 Å². The fraction of sp³-hybridized carbons (Fsp3) is 0. The Morgan fingerprint density at radius 1 is 0.520 bits per heavy atom. The van der Waals surface area contributed by atoms with Crippen molar-refractivity contribution in [1.29, 1.82) is 0 Å². The maximum absolute atomic E-state index is 4.72. The Hall–Kier alpha value is -3.51. The number of hydrogen-bond acceptors (Lipinski definition) is 3. The quantitative estimate of drug-likeness (QED) is 0.519. The molecule has 0 aliphatic rings. The van der Waals surface area contributed by atoms with Gasteiger partial charge in [-0.25, -0.2) is 15.0 Å². The predicted molar refractivity (Wildman–Crippen MR) is 98.0 cm³/mol. The Balaban J connectivity index is 0.00000157. The molecule has 0 amide bonds. The van der Waals surface area contributed by atoms with Crippen molar-refractivity contribution >= 4 is 22.1 Å². The minimum absolute atomic E-state index is 0. The lowest BCUT2D eigenvalue weighted by molar-refractivity contribution is 0.824. The summed E-state index contributed by atoms with van der Waals surface area (Å²) >= 11 is 0. The third kappa shape index (κ3) is 2.54. The van der Waals surface area contributed by atoms with Gasteiger partial charge in [0.1, 0.15) is 11.4 Å². The van der Waals surface area contributed by atoms with Gasteiger partial charge in [-0.15, -0.1) is 0 Å². The van der Waals surface area contributed by atoms with Gasteiger partial charge in [0.25, 0.3) is 0 Å². The van der Waals surface area contributed by atoms with Crippen LogP contribution in [-0.4, -0.2) is 30.4 Å². The topological polar surface area (TPSA) is 102 Å². The molecule has 2 aromatic carbocycles. The number of aromatic amines is 2. The van der Waals surface area contributed by atoms with Crippen LogP contribution in [0, 0.1) is 0 Å². The minimum Gasteiger partial charge on any atom is -0.412 e. The molecule has 122 valence electrons. The highest BCUT2D eigenvalue weighted by molar-refractivity contribution is 5.80. The summed E-state index contributed by atoms with van der Waals surface area (Å²) in [6.45, 7) is 0. The molecule has 0 spiro atoms. The molecule has 6 nitrogen and oxygen atoms in total. The number of rotatable bonds is 2. The van der Waals surface area contributed by atoms with E-state index in [-0.39, 0.29) is 5.48 Å². The zero-order chi connectivity index (χ0) is 15.9. The summed E-state index contributed by atoms with van der Waals surface area (Å²) in [5.74, 6) is 1.52. The van der Waals surface area contributed by atoms with E-state index in [2.05, 4.69) is 19.9 Å². The molecule has 0 saturated heterocycles. The van der Waals surface area contributed by atoms with Gasteiger partial charge in [-0.3, -0.25) is 0 Å². The third-order valence-electron chi connectivity index (χ3n) is 4.01. The van der Waals surface area contributed by atoms with Crippen LogP contribution in [0.5, 0.6) is 0 Å². The standard InChI is InChI=1S/C19H13N5.H2O/c1-2-7-13-12(6-1)21-18(22-13)16-10-5-11-17(20-16)19-23-14-8-3-4-9-15(14)24-19;/h1-11H,(H,21,22)(H,23,24);1H2. The largest absolute Gasteiger partial charge is 0.412 e. The number of hydrogen-bond donors (Lipinski definition) is 2. The lowest BCUT2D eigenvalue weighted by Gasteiger charge is -1.99. The number of imidazole rings is 2. The number of benzene rings is 2. The van der Waals surface area contributed by atoms with Gasteiger partial charge in [-0.05, 0) is 36.4 Å². The second kappa shape index (κ2) is 5.85. The smallest absolute Gasteiger partial charge is 0.157 e. The lowest BCUT2D eigenvalue weighted by Crippen LogP contribution is -1.90. The molecule has 0 aliphatic carbocycles. The fourth-order valence-electron chi connectivity index (χ4n) is 2.85. The molecule has 6 heteroatoms. The highest BCUT2D eigenvalue weighted by atomic mass is 16.0. The summed E-state index contributed by atoms with van der Waals surface area (Å²) in [6, 6.07) is 21.8. The van der Waals surface area contributed by atoms with Crippen LogP contribution in [0.15, 0.2) is 66.7 Å². The van der Waals surface area contributed by atoms with Crippen molar-refractivity contribution < 1.29 is 5.48 Å². The van der Waals surface area contributed by atoms with Crippen LogP contribution in [0.1, 0.15) is 0 Å². The van der Waals surface area contributed by atoms with Gasteiger partial charge in [-0.2, -0.15) is 0 Å². The molecule has 4 N–H and O–H groups in total. The van der Waals surface area contributed by atoms with Gasteiger partial charge in [0.2, 0.25) is 0 Å². The first-order chi connectivity index (χ1) is 11.9. The lowest BCUT2D eigenvalue weighted by atomic mass is 10.3. The maximum atomic E-state index is 4.72. The molecule has 5 aromatic rings. The summed E-state index contributed by atoms with van der Waals surface area (Å²) in [5.41, 5.74) is 5.46. The molecular formula is C19H15N5O. The maximum Gasteiger partial charge on any atom is 0.157 e. The first-order valence-electron chi connectivity index (χ1n) is 7.74. The van der Waals surface area contributed by atoms with Crippen molar-refractivity contribution in [3.05, 3.63) is 66.7 Å². The molecule has 0 radical (unpaired) electrons. The van der Waals surface area contributed by atoms with E-state index in [0.29, 0.717) is 0 Å². The van der Waals surface area contributed by atoms with E-state index < -0.39 is 0 Å². The Labute approximate surface area is 142 Å². The van der Waals surface area contributed by atoms with E-state index in [1.54, 1.807) is 0 Å². The Morgan fingerprint density at radius 2 is 1.00 bits per heavy atom. The van der Waals surface area contributed by atoms with E-state index in [1.165, 1.54) is 0 Å². The molecular weight excluding hydrogens is 314 g/mol. The highest BCUT2D eigenvalue weighted by Gasteiger charge is 2.10. The summed E-state index contributed by atoms with van der Waals surface area (Å²) in [5, 5.41) is 0. The molecule has 5 rings (SSSR count). The van der Waals surface area contributed by atoms with Crippen molar-refractivity contribution in [2.45, 2.75) is 0 Å². The molecule has 25 heavy (non-hydrogen) atoms. The van der Waals surface area contributed by atoms with E-state index in [1.807, 2.05) is 66.7 Å². The van der Waals surface area contributed by atoms with E-state index in [0.717, 1.165) is 45.1 Å². The third-order valence-corrected chi connectivity index (χ3v) is 4.01. The van der Waals surface area contributed by atoms with Crippen molar-refractivity contribution in [3.63, 3.8) is 0 Å². The van der Waals surface area contributed by atoms with Crippen molar-refractivity contribution in [3.8, 4) is 23.0 Å². The second-order valence-corrected chi connectivity index (χ2v) is 5.61. The Morgan fingerprint density at radius 3 is 1.48 bits per heavy atom. The van der Waals surface area contributed by atoms with Crippen molar-refractivity contribution in [1.82, 2.24) is 24.9 Å². The Bertz CT molecular complexity index is 1020. The molecule has 0 aliphatic heterocycles. The summed E-state index contributed by atoms with van der Waals surface area (Å²) in [7, 11) is 0. The van der Waals surface area contributed by atoms with Crippen LogP contribution in [0.3, 0.4) is 0 Å². The number of nitrogens with one attached hydrogen (secondary N) is 2. The summed E-state index contributed by atoms with van der Waals surface area (Å²) in [4.78, 5) is 20.6. The van der Waals surface area contributed by atoms with Gasteiger partial charge in [0.05, 0.1) is 22.1 Å². The van der Waals surface area contributed by atoms with Gasteiger partial charge < -0.3 is 15.4 Å². The van der Waals surface area contributed by atoms with E-state index >= 15 is 0 Å². The Kier molecular flexibility index (Phi) is 3.52. The molecule has 0 unspecified atom stereocenters. The normalized spacial score (nSPS) is 10.9. The first kappa shape index (κ1) is 15.0. The first-order valence-corrected chi connectivity index (χ1v) is 7.74. The van der Waals surface area contributed by atoms with Crippen LogP contribution in [0.25, 0.3) is 45.1 Å². The zero-order valence-electron chi connectivity index (χ0n) is 13.2. The number of para-hydroxylation sites is 4. The van der Waals surface area contributed by atoms with E-state index in [9.17, 15) is 0 Å². The number of aromatic nitrogens is 5. The van der Waals surface area contributed by atoms with Crippen molar-refractivity contribution in [2.75, 3.05) is 0 Å². The van der Waals surface area contributed by atoms with Crippen LogP contribution in [0.4, 0.5) is 0 Å². The number of fused-ring (bicyclic) bond motifs is 2.